The highest BCUT2D eigenvalue weighted by molar-refractivity contribution is 5.08. The molecular formula is C9H16N2. The van der Waals surface area contributed by atoms with Gasteiger partial charge in [-0.15, -0.1) is 0 Å². The van der Waals surface area contributed by atoms with Gasteiger partial charge in [-0.2, -0.15) is 5.26 Å². The van der Waals surface area contributed by atoms with Crippen LogP contribution in [-0.2, 0) is 0 Å². The largest absolute Gasteiger partial charge is 0.320 e. The Morgan fingerprint density at radius 3 is 2.82 bits per heavy atom. The van der Waals surface area contributed by atoms with Gasteiger partial charge < -0.3 is 5.32 Å². The Bertz CT molecular complexity index is 171. The lowest BCUT2D eigenvalue weighted by Crippen LogP contribution is -2.17. The molecule has 1 rings (SSSR count). The van der Waals surface area contributed by atoms with Crippen LogP contribution in [0.3, 0.4) is 0 Å². The Hall–Kier alpha value is -0.710. The van der Waals surface area contributed by atoms with Crippen LogP contribution in [-0.4, -0.2) is 6.04 Å². The molecule has 11 heavy (non-hydrogen) atoms. The quantitative estimate of drug-likeness (QED) is 0.494. The van der Waals surface area contributed by atoms with Crippen LogP contribution in [0.4, 0.5) is 0 Å². The summed E-state index contributed by atoms with van der Waals surface area (Å²) in [5.74, 6) is 0. The van der Waals surface area contributed by atoms with Gasteiger partial charge in [0.25, 0.3) is 0 Å². The number of nitriles is 1. The Labute approximate surface area is 68.6 Å². The second kappa shape index (κ2) is 3.13. The zero-order valence-electron chi connectivity index (χ0n) is 7.35. The van der Waals surface area contributed by atoms with E-state index in [-0.39, 0.29) is 0 Å². The van der Waals surface area contributed by atoms with Crippen LogP contribution in [0.1, 0.15) is 39.5 Å². The van der Waals surface area contributed by atoms with E-state index in [0.29, 0.717) is 11.5 Å². The van der Waals surface area contributed by atoms with E-state index >= 15 is 0 Å². The lowest BCUT2D eigenvalue weighted by atomic mass is 9.97. The average Bonchev–Trinajstić information content (AvgIpc) is 2.66. The van der Waals surface area contributed by atoms with Gasteiger partial charge in [0.05, 0.1) is 0 Å². The molecule has 0 radical (unpaired) electrons. The predicted octanol–water partition coefficient (Wildman–Crippen LogP) is 2.03. The summed E-state index contributed by atoms with van der Waals surface area (Å²) in [7, 11) is 0. The third-order valence-corrected chi connectivity index (χ3v) is 2.88. The third kappa shape index (κ3) is 1.48. The Balaban J connectivity index is 2.37. The molecule has 1 unspecified atom stereocenters. The molecule has 2 heteroatoms. The van der Waals surface area contributed by atoms with Crippen molar-refractivity contribution in [2.75, 3.05) is 0 Å². The molecule has 0 aromatic heterocycles. The van der Waals surface area contributed by atoms with E-state index in [9.17, 15) is 0 Å². The average molecular weight is 152 g/mol. The van der Waals surface area contributed by atoms with Crippen LogP contribution in [0.15, 0.2) is 0 Å². The maximum atomic E-state index is 8.41. The molecule has 0 bridgehead atoms. The van der Waals surface area contributed by atoms with Gasteiger partial charge in [-0.25, -0.2) is 0 Å². The first kappa shape index (κ1) is 8.39. The number of nitrogens with zero attached hydrogens (tertiary/aromatic N) is 1. The normalized spacial score (nSPS) is 34.5. The van der Waals surface area contributed by atoms with Crippen molar-refractivity contribution in [3.63, 3.8) is 0 Å². The summed E-state index contributed by atoms with van der Waals surface area (Å²) < 4.78 is 0. The van der Waals surface area contributed by atoms with Crippen LogP contribution >= 0.6 is 0 Å². The van der Waals surface area contributed by atoms with Crippen molar-refractivity contribution in [3.8, 4) is 6.19 Å². The Morgan fingerprint density at radius 1 is 1.64 bits per heavy atom. The van der Waals surface area contributed by atoms with E-state index in [0.717, 1.165) is 0 Å². The van der Waals surface area contributed by atoms with E-state index in [1.807, 2.05) is 6.19 Å². The van der Waals surface area contributed by atoms with E-state index in [1.165, 1.54) is 25.7 Å². The van der Waals surface area contributed by atoms with Gasteiger partial charge in [-0.1, -0.05) is 20.3 Å². The highest BCUT2D eigenvalue weighted by Gasteiger charge is 2.51. The topological polar surface area (TPSA) is 35.8 Å². The van der Waals surface area contributed by atoms with Crippen LogP contribution in [0, 0.1) is 16.9 Å². The minimum absolute atomic E-state index is 0.477. The Kier molecular flexibility index (Phi) is 2.38. The summed E-state index contributed by atoms with van der Waals surface area (Å²) >= 11 is 0. The molecule has 1 aliphatic carbocycles. The van der Waals surface area contributed by atoms with E-state index in [4.69, 9.17) is 5.26 Å². The summed E-state index contributed by atoms with van der Waals surface area (Å²) in [6.07, 6.45) is 6.94. The molecule has 0 spiro atoms. The molecule has 0 heterocycles. The summed E-state index contributed by atoms with van der Waals surface area (Å²) in [6.45, 7) is 4.42. The standard InChI is InChI=1S/C9H16N2/c1-3-5-9(4-2)6-8(9)11-7-10/h8,11H,3-6H2,1-2H3/t8?,9-/m1/s1. The molecule has 1 saturated carbocycles. The molecule has 1 fully saturated rings. The molecule has 1 N–H and O–H groups in total. The molecule has 2 atom stereocenters. The van der Waals surface area contributed by atoms with Gasteiger partial charge in [0.1, 0.15) is 0 Å². The van der Waals surface area contributed by atoms with Gasteiger partial charge in [0.15, 0.2) is 6.19 Å². The Morgan fingerprint density at radius 2 is 2.36 bits per heavy atom. The molecule has 1 aliphatic rings. The number of hydrogen-bond donors (Lipinski definition) is 1. The maximum Gasteiger partial charge on any atom is 0.176 e. The molecular weight excluding hydrogens is 136 g/mol. The minimum atomic E-state index is 0.477. The fraction of sp³-hybridized carbons (Fsp3) is 0.889. The second-order valence-corrected chi connectivity index (χ2v) is 3.48. The van der Waals surface area contributed by atoms with Crippen molar-refractivity contribution in [2.45, 2.75) is 45.6 Å². The van der Waals surface area contributed by atoms with Gasteiger partial charge in [0, 0.05) is 6.04 Å². The van der Waals surface area contributed by atoms with Crippen LogP contribution in [0.2, 0.25) is 0 Å². The first-order chi connectivity index (χ1) is 5.29. The monoisotopic (exact) mass is 152 g/mol. The van der Waals surface area contributed by atoms with Crippen LogP contribution in [0.5, 0.6) is 0 Å². The third-order valence-electron chi connectivity index (χ3n) is 2.88. The minimum Gasteiger partial charge on any atom is -0.320 e. The molecule has 0 amide bonds. The van der Waals surface area contributed by atoms with Crippen molar-refractivity contribution in [1.29, 1.82) is 5.26 Å². The predicted molar refractivity (Wildman–Crippen MR) is 44.8 cm³/mol. The molecule has 0 aromatic carbocycles. The van der Waals surface area contributed by atoms with Crippen LogP contribution in [0.25, 0.3) is 0 Å². The van der Waals surface area contributed by atoms with Crippen molar-refractivity contribution in [2.24, 2.45) is 5.41 Å². The molecule has 0 aliphatic heterocycles. The van der Waals surface area contributed by atoms with Crippen LogP contribution < -0.4 is 5.32 Å². The van der Waals surface area contributed by atoms with Crippen molar-refractivity contribution < 1.29 is 0 Å². The number of rotatable bonds is 4. The molecule has 2 nitrogen and oxygen atoms in total. The van der Waals surface area contributed by atoms with Gasteiger partial charge in [-0.3, -0.25) is 0 Å². The fourth-order valence-corrected chi connectivity index (χ4v) is 1.97. The summed E-state index contributed by atoms with van der Waals surface area (Å²) in [6, 6.07) is 0.484. The summed E-state index contributed by atoms with van der Waals surface area (Å²) in [4.78, 5) is 0. The highest BCUT2D eigenvalue weighted by atomic mass is 15.0. The van der Waals surface area contributed by atoms with Gasteiger partial charge in [0.2, 0.25) is 0 Å². The molecule has 0 saturated heterocycles. The first-order valence-corrected chi connectivity index (χ1v) is 4.43. The smallest absolute Gasteiger partial charge is 0.176 e. The SMILES string of the molecule is CCC[C@]1(CC)CC1NC#N. The highest BCUT2D eigenvalue weighted by Crippen LogP contribution is 2.52. The maximum absolute atomic E-state index is 8.41. The zero-order valence-corrected chi connectivity index (χ0v) is 7.35. The fourth-order valence-electron chi connectivity index (χ4n) is 1.97. The van der Waals surface area contributed by atoms with Crippen molar-refractivity contribution in [3.05, 3.63) is 0 Å². The first-order valence-electron chi connectivity index (χ1n) is 4.43. The van der Waals surface area contributed by atoms with Gasteiger partial charge >= 0.3 is 0 Å². The lowest BCUT2D eigenvalue weighted by molar-refractivity contribution is 0.416. The summed E-state index contributed by atoms with van der Waals surface area (Å²) in [5.41, 5.74) is 0.477. The number of hydrogen-bond acceptors (Lipinski definition) is 2. The molecule has 62 valence electrons. The van der Waals surface area contributed by atoms with E-state index in [2.05, 4.69) is 19.2 Å². The van der Waals surface area contributed by atoms with E-state index in [1.54, 1.807) is 0 Å². The van der Waals surface area contributed by atoms with Crippen molar-refractivity contribution >= 4 is 0 Å². The second-order valence-electron chi connectivity index (χ2n) is 3.48. The molecule has 0 aromatic rings. The summed E-state index contributed by atoms with van der Waals surface area (Å²) in [5, 5.41) is 11.3. The van der Waals surface area contributed by atoms with Crippen molar-refractivity contribution in [1.82, 2.24) is 5.32 Å². The lowest BCUT2D eigenvalue weighted by Gasteiger charge is -2.11. The number of nitrogens with one attached hydrogen (secondary N) is 1. The van der Waals surface area contributed by atoms with E-state index < -0.39 is 0 Å². The van der Waals surface area contributed by atoms with Gasteiger partial charge in [-0.05, 0) is 24.7 Å². The zero-order chi connectivity index (χ0) is 8.32.